The first kappa shape index (κ1) is 15.1. The minimum atomic E-state index is -1.72. The molecule has 16 heavy (non-hydrogen) atoms. The van der Waals surface area contributed by atoms with Crippen molar-refractivity contribution in [2.45, 2.75) is 38.5 Å². The third-order valence-corrected chi connectivity index (χ3v) is 4.33. The van der Waals surface area contributed by atoms with Crippen LogP contribution in [0.1, 0.15) is 27.7 Å². The third-order valence-electron chi connectivity index (χ3n) is 2.51. The molecule has 0 aliphatic heterocycles. The molecule has 0 aliphatic carbocycles. The van der Waals surface area contributed by atoms with Crippen molar-refractivity contribution in [1.82, 2.24) is 4.90 Å². The number of rotatable bonds is 5. The summed E-state index contributed by atoms with van der Waals surface area (Å²) in [6, 6.07) is 0.0115. The number of carbonyl (C=O) groups excluding carboxylic acids is 1. The summed E-state index contributed by atoms with van der Waals surface area (Å²) in [6.07, 6.45) is 0. The summed E-state index contributed by atoms with van der Waals surface area (Å²) in [4.78, 5) is 23.9. The quantitative estimate of drug-likeness (QED) is 0.768. The van der Waals surface area contributed by atoms with Gasteiger partial charge in [0.25, 0.3) is 0 Å². The Balaban J connectivity index is 4.59. The van der Waals surface area contributed by atoms with Gasteiger partial charge in [0.05, 0.1) is 0 Å². The Morgan fingerprint density at radius 1 is 1.38 bits per heavy atom. The molecule has 0 spiro atoms. The molecular weight excluding hydrogens is 230 g/mol. The number of amides is 1. The van der Waals surface area contributed by atoms with Gasteiger partial charge < -0.3 is 10.0 Å². The van der Waals surface area contributed by atoms with Crippen molar-refractivity contribution in [1.29, 1.82) is 0 Å². The molecule has 94 valence electrons. The van der Waals surface area contributed by atoms with Crippen molar-refractivity contribution in [2.24, 2.45) is 0 Å². The molecule has 1 N–H and O–H groups in total. The molecule has 0 bridgehead atoms. The Bertz CT molecular complexity index is 312. The van der Waals surface area contributed by atoms with Crippen LogP contribution in [0.3, 0.4) is 0 Å². The normalized spacial score (nSPS) is 13.6. The van der Waals surface area contributed by atoms with E-state index < -0.39 is 21.5 Å². The summed E-state index contributed by atoms with van der Waals surface area (Å²) < 4.78 is 10.3. The molecule has 1 atom stereocenters. The Hall–Kier alpha value is -0.910. The number of aliphatic carboxylic acids is 1. The van der Waals surface area contributed by atoms with Gasteiger partial charge in [-0.1, -0.05) is 0 Å². The highest BCUT2D eigenvalue weighted by molar-refractivity contribution is 7.87. The van der Waals surface area contributed by atoms with E-state index in [2.05, 4.69) is 0 Å². The van der Waals surface area contributed by atoms with E-state index in [1.807, 2.05) is 13.8 Å². The van der Waals surface area contributed by atoms with Gasteiger partial charge in [0, 0.05) is 23.9 Å². The average Bonchev–Trinajstić information content (AvgIpc) is 2.15. The highest BCUT2D eigenvalue weighted by atomic mass is 32.2. The van der Waals surface area contributed by atoms with E-state index in [1.165, 1.54) is 18.7 Å². The summed E-state index contributed by atoms with van der Waals surface area (Å²) in [5.74, 6) is -1.72. The predicted molar refractivity (Wildman–Crippen MR) is 62.6 cm³/mol. The minimum absolute atomic E-state index is 0.0115. The Kier molecular flexibility index (Phi) is 5.12. The van der Waals surface area contributed by atoms with Gasteiger partial charge >= 0.3 is 5.97 Å². The average molecular weight is 249 g/mol. The van der Waals surface area contributed by atoms with Crippen LogP contribution < -0.4 is 0 Å². The molecule has 6 heteroatoms. The first-order valence-corrected chi connectivity index (χ1v) is 6.30. The van der Waals surface area contributed by atoms with Gasteiger partial charge in [0.2, 0.25) is 5.91 Å². The molecule has 0 aromatic carbocycles. The first-order valence-electron chi connectivity index (χ1n) is 4.98. The van der Waals surface area contributed by atoms with Crippen molar-refractivity contribution in [3.63, 3.8) is 0 Å². The van der Waals surface area contributed by atoms with Crippen LogP contribution in [0.25, 0.3) is 0 Å². The van der Waals surface area contributed by atoms with Gasteiger partial charge in [0.15, 0.2) is 0 Å². The zero-order chi connectivity index (χ0) is 13.1. The largest absolute Gasteiger partial charge is 0.480 e. The predicted octanol–water partition coefficient (Wildman–Crippen LogP) is 0.465. The van der Waals surface area contributed by atoms with E-state index in [4.69, 9.17) is 5.11 Å². The fourth-order valence-electron chi connectivity index (χ4n) is 0.780. The second kappa shape index (κ2) is 5.43. The van der Waals surface area contributed by atoms with Gasteiger partial charge in [-0.25, -0.2) is 0 Å². The molecule has 1 amide bonds. The standard InChI is InChI=1S/C10H19NO4S/c1-7(2)11(5)8(12)6-16(15)10(3,4)9(13)14/h7H,6H2,1-5H3,(H,13,14). The van der Waals surface area contributed by atoms with E-state index in [9.17, 15) is 13.8 Å². The zero-order valence-corrected chi connectivity index (χ0v) is 11.1. The van der Waals surface area contributed by atoms with Crippen LogP contribution in [-0.2, 0) is 20.4 Å². The SMILES string of the molecule is CC(C)N(C)C(=O)CS(=O)C(C)(C)C(=O)O. The highest BCUT2D eigenvalue weighted by Gasteiger charge is 2.36. The van der Waals surface area contributed by atoms with E-state index in [1.54, 1.807) is 7.05 Å². The van der Waals surface area contributed by atoms with Gasteiger partial charge in [-0.2, -0.15) is 0 Å². The van der Waals surface area contributed by atoms with Crippen LogP contribution in [0, 0.1) is 0 Å². The fourth-order valence-corrected chi connectivity index (χ4v) is 1.76. The van der Waals surface area contributed by atoms with Gasteiger partial charge in [0.1, 0.15) is 10.5 Å². The molecule has 0 saturated carbocycles. The van der Waals surface area contributed by atoms with Crippen LogP contribution in [-0.4, -0.2) is 49.7 Å². The van der Waals surface area contributed by atoms with Crippen LogP contribution in [0.5, 0.6) is 0 Å². The number of carbonyl (C=O) groups is 2. The molecule has 0 saturated heterocycles. The summed E-state index contributed by atoms with van der Waals surface area (Å²) >= 11 is 0. The van der Waals surface area contributed by atoms with E-state index in [0.717, 1.165) is 0 Å². The monoisotopic (exact) mass is 249 g/mol. The molecule has 0 heterocycles. The van der Waals surface area contributed by atoms with E-state index >= 15 is 0 Å². The molecule has 0 rings (SSSR count). The van der Waals surface area contributed by atoms with Crippen molar-refractivity contribution in [3.8, 4) is 0 Å². The summed E-state index contributed by atoms with van der Waals surface area (Å²) in [6.45, 7) is 6.38. The van der Waals surface area contributed by atoms with Crippen molar-refractivity contribution in [3.05, 3.63) is 0 Å². The van der Waals surface area contributed by atoms with Gasteiger partial charge in [-0.3, -0.25) is 13.8 Å². The Morgan fingerprint density at radius 3 is 2.12 bits per heavy atom. The molecular formula is C10H19NO4S. The minimum Gasteiger partial charge on any atom is -0.480 e. The van der Waals surface area contributed by atoms with Crippen LogP contribution in [0.15, 0.2) is 0 Å². The van der Waals surface area contributed by atoms with E-state index in [-0.39, 0.29) is 17.7 Å². The lowest BCUT2D eigenvalue weighted by molar-refractivity contribution is -0.139. The van der Waals surface area contributed by atoms with Crippen molar-refractivity contribution < 1.29 is 18.9 Å². The molecule has 0 radical (unpaired) electrons. The van der Waals surface area contributed by atoms with Gasteiger partial charge in [-0.15, -0.1) is 0 Å². The fraction of sp³-hybridized carbons (Fsp3) is 0.800. The maximum Gasteiger partial charge on any atom is 0.321 e. The van der Waals surface area contributed by atoms with Crippen molar-refractivity contribution in [2.75, 3.05) is 12.8 Å². The zero-order valence-electron chi connectivity index (χ0n) is 10.3. The maximum absolute atomic E-state index is 11.7. The topological polar surface area (TPSA) is 74.7 Å². The molecule has 0 aromatic rings. The van der Waals surface area contributed by atoms with Crippen LogP contribution >= 0.6 is 0 Å². The molecule has 5 nitrogen and oxygen atoms in total. The summed E-state index contributed by atoms with van der Waals surface area (Å²) in [5, 5.41) is 8.85. The van der Waals surface area contributed by atoms with Crippen molar-refractivity contribution >= 4 is 22.7 Å². The highest BCUT2D eigenvalue weighted by Crippen LogP contribution is 2.14. The Morgan fingerprint density at radius 2 is 1.81 bits per heavy atom. The Labute approximate surface area is 98.3 Å². The first-order chi connectivity index (χ1) is 7.10. The lowest BCUT2D eigenvalue weighted by Crippen LogP contribution is -2.43. The number of hydrogen-bond acceptors (Lipinski definition) is 3. The second-order valence-electron chi connectivity index (χ2n) is 4.40. The number of carboxylic acids is 1. The molecule has 1 unspecified atom stereocenters. The van der Waals surface area contributed by atoms with Gasteiger partial charge in [-0.05, 0) is 27.7 Å². The van der Waals surface area contributed by atoms with Crippen LogP contribution in [0.4, 0.5) is 0 Å². The smallest absolute Gasteiger partial charge is 0.321 e. The summed E-state index contributed by atoms with van der Waals surface area (Å²) in [7, 11) is -0.109. The lowest BCUT2D eigenvalue weighted by Gasteiger charge is -2.24. The third kappa shape index (κ3) is 3.59. The maximum atomic E-state index is 11.7. The summed E-state index contributed by atoms with van der Waals surface area (Å²) in [5.41, 5.74) is 0. The molecule has 0 aliphatic rings. The lowest BCUT2D eigenvalue weighted by atomic mass is 10.2. The van der Waals surface area contributed by atoms with Crippen LogP contribution in [0.2, 0.25) is 0 Å². The number of carboxylic acid groups (broad SMARTS) is 1. The number of hydrogen-bond donors (Lipinski definition) is 1. The molecule has 0 aromatic heterocycles. The second-order valence-corrected chi connectivity index (χ2v) is 6.40. The number of nitrogens with zero attached hydrogens (tertiary/aromatic N) is 1. The van der Waals surface area contributed by atoms with E-state index in [0.29, 0.717) is 0 Å². The molecule has 0 fully saturated rings.